The lowest BCUT2D eigenvalue weighted by Crippen LogP contribution is -2.18. The van der Waals surface area contributed by atoms with Gasteiger partial charge in [-0.2, -0.15) is 5.10 Å². The molecule has 4 aromatic heterocycles. The SMILES string of the molecule is Cc1nn(-c2ccccc2)c2nc(-c3cccs3)n3c4ccccc4nc3c2c1=O. The smallest absolute Gasteiger partial charge is 0.216 e. The molecule has 6 aromatic rings. The molecule has 0 saturated heterocycles. The number of nitrogens with zero attached hydrogens (tertiary/aromatic N) is 5. The van der Waals surface area contributed by atoms with Gasteiger partial charge in [-0.15, -0.1) is 11.3 Å². The fourth-order valence-electron chi connectivity index (χ4n) is 3.81. The molecule has 0 atom stereocenters. The van der Waals surface area contributed by atoms with E-state index in [-0.39, 0.29) is 5.43 Å². The quantitative estimate of drug-likeness (QED) is 0.419. The predicted octanol–water partition coefficient (Wildman–Crippen LogP) is 4.62. The summed E-state index contributed by atoms with van der Waals surface area (Å²) >= 11 is 1.60. The van der Waals surface area contributed by atoms with Crippen LogP contribution in [0.5, 0.6) is 0 Å². The first kappa shape index (κ1) is 17.1. The van der Waals surface area contributed by atoms with Gasteiger partial charge in [0, 0.05) is 0 Å². The topological polar surface area (TPSA) is 65.1 Å². The predicted molar refractivity (Wildman–Crippen MR) is 119 cm³/mol. The highest BCUT2D eigenvalue weighted by atomic mass is 32.1. The van der Waals surface area contributed by atoms with Gasteiger partial charge >= 0.3 is 0 Å². The molecule has 0 saturated carbocycles. The van der Waals surface area contributed by atoms with E-state index in [0.29, 0.717) is 22.4 Å². The van der Waals surface area contributed by atoms with Crippen LogP contribution < -0.4 is 5.43 Å². The number of imidazole rings is 1. The summed E-state index contributed by atoms with van der Waals surface area (Å²) in [7, 11) is 0. The van der Waals surface area contributed by atoms with Crippen LogP contribution >= 0.6 is 11.3 Å². The molecule has 6 nitrogen and oxygen atoms in total. The van der Waals surface area contributed by atoms with Gasteiger partial charge in [0.25, 0.3) is 0 Å². The molecular weight excluding hydrogens is 394 g/mol. The minimum absolute atomic E-state index is 0.150. The summed E-state index contributed by atoms with van der Waals surface area (Å²) in [5.41, 5.74) is 3.95. The van der Waals surface area contributed by atoms with Gasteiger partial charge in [-0.3, -0.25) is 9.20 Å². The zero-order valence-corrected chi connectivity index (χ0v) is 16.8. The van der Waals surface area contributed by atoms with Crippen molar-refractivity contribution in [3.05, 3.63) is 88.0 Å². The molecule has 0 aliphatic heterocycles. The maximum absolute atomic E-state index is 13.2. The number of fused-ring (bicyclic) bond motifs is 5. The van der Waals surface area contributed by atoms with Crippen LogP contribution in [0.4, 0.5) is 0 Å². The van der Waals surface area contributed by atoms with Crippen LogP contribution in [0.3, 0.4) is 0 Å². The first-order chi connectivity index (χ1) is 14.7. The van der Waals surface area contributed by atoms with Crippen LogP contribution in [0.15, 0.2) is 76.9 Å². The van der Waals surface area contributed by atoms with Crippen molar-refractivity contribution in [2.24, 2.45) is 0 Å². The van der Waals surface area contributed by atoms with Crippen molar-refractivity contribution in [2.45, 2.75) is 6.92 Å². The average Bonchev–Trinajstić information content (AvgIpc) is 3.44. The number of para-hydroxylation sites is 3. The zero-order valence-electron chi connectivity index (χ0n) is 16.0. The number of hydrogen-bond donors (Lipinski definition) is 0. The van der Waals surface area contributed by atoms with Crippen LogP contribution in [0.25, 0.3) is 44.1 Å². The standard InChI is InChI=1S/C23H15N5OS/c1-14-20(29)19-22-24-16-10-5-6-11-17(16)27(22)21(18-12-7-13-30-18)25-23(19)28(26-14)15-8-3-2-4-9-15/h2-13H,1H3. The molecule has 30 heavy (non-hydrogen) atoms. The molecule has 7 heteroatoms. The third-order valence-corrected chi connectivity index (χ3v) is 6.05. The highest BCUT2D eigenvalue weighted by Crippen LogP contribution is 2.31. The molecule has 4 heterocycles. The van der Waals surface area contributed by atoms with E-state index >= 15 is 0 Å². The molecule has 0 aliphatic carbocycles. The van der Waals surface area contributed by atoms with Crippen LogP contribution in [0.1, 0.15) is 5.69 Å². The molecule has 2 aromatic carbocycles. The highest BCUT2D eigenvalue weighted by molar-refractivity contribution is 7.13. The maximum atomic E-state index is 13.2. The van der Waals surface area contributed by atoms with Crippen LogP contribution in [0.2, 0.25) is 0 Å². The Balaban J connectivity index is 1.90. The maximum Gasteiger partial charge on any atom is 0.216 e. The van der Waals surface area contributed by atoms with Crippen molar-refractivity contribution in [2.75, 3.05) is 0 Å². The fourth-order valence-corrected chi connectivity index (χ4v) is 4.52. The number of rotatable bonds is 2. The van der Waals surface area contributed by atoms with Crippen LogP contribution in [-0.2, 0) is 0 Å². The Hall–Kier alpha value is -3.84. The summed E-state index contributed by atoms with van der Waals surface area (Å²) in [5.74, 6) is 0.746. The molecule has 0 fully saturated rings. The number of aryl methyl sites for hydroxylation is 1. The molecule has 0 aliphatic rings. The van der Waals surface area contributed by atoms with Crippen molar-refractivity contribution in [1.29, 1.82) is 0 Å². The summed E-state index contributed by atoms with van der Waals surface area (Å²) in [6, 6.07) is 21.6. The molecule has 0 unspecified atom stereocenters. The number of benzene rings is 2. The Morgan fingerprint density at radius 2 is 1.67 bits per heavy atom. The van der Waals surface area contributed by atoms with E-state index in [1.54, 1.807) is 22.9 Å². The Morgan fingerprint density at radius 3 is 2.47 bits per heavy atom. The normalized spacial score (nSPS) is 11.6. The molecule has 0 bridgehead atoms. The minimum atomic E-state index is -0.150. The lowest BCUT2D eigenvalue weighted by molar-refractivity contribution is 0.834. The first-order valence-corrected chi connectivity index (χ1v) is 10.4. The minimum Gasteiger partial charge on any atom is -0.287 e. The van der Waals surface area contributed by atoms with E-state index in [0.717, 1.165) is 27.4 Å². The summed E-state index contributed by atoms with van der Waals surface area (Å²) in [5, 5.41) is 7.05. The second-order valence-electron chi connectivity index (χ2n) is 7.03. The van der Waals surface area contributed by atoms with E-state index in [1.165, 1.54) is 0 Å². The molecule has 0 N–H and O–H groups in total. The number of hydrogen-bond acceptors (Lipinski definition) is 5. The summed E-state index contributed by atoms with van der Waals surface area (Å²) < 4.78 is 3.72. The Labute approximate surface area is 174 Å². The van der Waals surface area contributed by atoms with Crippen molar-refractivity contribution in [3.63, 3.8) is 0 Å². The van der Waals surface area contributed by atoms with Gasteiger partial charge in [0.2, 0.25) is 5.43 Å². The third kappa shape index (κ3) is 2.36. The Morgan fingerprint density at radius 1 is 0.867 bits per heavy atom. The third-order valence-electron chi connectivity index (χ3n) is 5.18. The van der Waals surface area contributed by atoms with E-state index in [1.807, 2.05) is 76.5 Å². The van der Waals surface area contributed by atoms with Gasteiger partial charge < -0.3 is 0 Å². The summed E-state index contributed by atoms with van der Waals surface area (Å²) in [6.07, 6.45) is 0. The van der Waals surface area contributed by atoms with E-state index in [2.05, 4.69) is 5.10 Å². The molecule has 0 amide bonds. The molecule has 144 valence electrons. The van der Waals surface area contributed by atoms with Gasteiger partial charge in [0.05, 0.1) is 21.6 Å². The largest absolute Gasteiger partial charge is 0.287 e. The van der Waals surface area contributed by atoms with Crippen molar-refractivity contribution < 1.29 is 0 Å². The summed E-state index contributed by atoms with van der Waals surface area (Å²) in [6.45, 7) is 1.73. The molecular formula is C23H15N5OS. The number of thiophene rings is 1. The molecule has 0 spiro atoms. The van der Waals surface area contributed by atoms with E-state index < -0.39 is 0 Å². The van der Waals surface area contributed by atoms with E-state index in [4.69, 9.17) is 9.97 Å². The lowest BCUT2D eigenvalue weighted by Gasteiger charge is -2.13. The molecule has 6 rings (SSSR count). The van der Waals surface area contributed by atoms with Gasteiger partial charge in [0.1, 0.15) is 11.1 Å². The second-order valence-corrected chi connectivity index (χ2v) is 7.98. The van der Waals surface area contributed by atoms with Crippen molar-refractivity contribution >= 4 is 39.1 Å². The first-order valence-electron chi connectivity index (χ1n) is 9.52. The lowest BCUT2D eigenvalue weighted by atomic mass is 10.2. The highest BCUT2D eigenvalue weighted by Gasteiger charge is 2.21. The van der Waals surface area contributed by atoms with Gasteiger partial charge in [0.15, 0.2) is 17.1 Å². The average molecular weight is 409 g/mol. The van der Waals surface area contributed by atoms with Crippen LogP contribution in [0, 0.1) is 6.92 Å². The number of aromatic nitrogens is 5. The van der Waals surface area contributed by atoms with Crippen molar-refractivity contribution in [1.82, 2.24) is 24.1 Å². The Kier molecular flexibility index (Phi) is 3.60. The Bertz CT molecular complexity index is 1620. The molecule has 0 radical (unpaired) electrons. The van der Waals surface area contributed by atoms with Crippen LogP contribution in [-0.4, -0.2) is 24.1 Å². The van der Waals surface area contributed by atoms with Gasteiger partial charge in [-0.25, -0.2) is 14.6 Å². The summed E-state index contributed by atoms with van der Waals surface area (Å²) in [4.78, 5) is 24.0. The van der Waals surface area contributed by atoms with Crippen molar-refractivity contribution in [3.8, 4) is 16.4 Å². The fraction of sp³-hybridized carbons (Fsp3) is 0.0435. The van der Waals surface area contributed by atoms with E-state index in [9.17, 15) is 4.79 Å². The second kappa shape index (κ2) is 6.33. The van der Waals surface area contributed by atoms with Gasteiger partial charge in [-0.1, -0.05) is 36.4 Å². The van der Waals surface area contributed by atoms with Gasteiger partial charge in [-0.05, 0) is 42.6 Å². The zero-order chi connectivity index (χ0) is 20.2. The monoisotopic (exact) mass is 409 g/mol.